The molecule has 1 fully saturated rings. The predicted octanol–water partition coefficient (Wildman–Crippen LogP) is 3.30. The molecular formula is C20H20O4. The Morgan fingerprint density at radius 1 is 1.12 bits per heavy atom. The van der Waals surface area contributed by atoms with E-state index in [0.717, 1.165) is 5.56 Å². The van der Waals surface area contributed by atoms with Crippen LogP contribution in [-0.2, 0) is 16.0 Å². The van der Waals surface area contributed by atoms with E-state index in [0.29, 0.717) is 30.8 Å². The first kappa shape index (κ1) is 16.2. The monoisotopic (exact) mass is 324 g/mol. The summed E-state index contributed by atoms with van der Waals surface area (Å²) in [5.74, 6) is 0.209. The van der Waals surface area contributed by atoms with E-state index < -0.39 is 0 Å². The van der Waals surface area contributed by atoms with Gasteiger partial charge in [-0.15, -0.1) is 0 Å². The summed E-state index contributed by atoms with van der Waals surface area (Å²) in [6, 6.07) is 16.9. The van der Waals surface area contributed by atoms with E-state index in [9.17, 15) is 9.59 Å². The van der Waals surface area contributed by atoms with Crippen molar-refractivity contribution in [3.63, 3.8) is 0 Å². The molecule has 3 rings (SSSR count). The number of carbonyl (C=O) groups is 2. The third kappa shape index (κ3) is 3.65. The van der Waals surface area contributed by atoms with Crippen molar-refractivity contribution in [1.29, 1.82) is 0 Å². The molecule has 1 aliphatic heterocycles. The normalized spacial score (nSPS) is 19.8. The molecule has 0 saturated carbocycles. The minimum atomic E-state index is -0.255. The van der Waals surface area contributed by atoms with E-state index in [2.05, 4.69) is 0 Å². The molecule has 1 saturated heterocycles. The zero-order chi connectivity index (χ0) is 16.9. The van der Waals surface area contributed by atoms with Crippen LogP contribution >= 0.6 is 0 Å². The van der Waals surface area contributed by atoms with Crippen LogP contribution in [-0.4, -0.2) is 25.5 Å². The lowest BCUT2D eigenvalue weighted by Crippen LogP contribution is -2.21. The Kier molecular flexibility index (Phi) is 4.94. The van der Waals surface area contributed by atoms with Crippen LogP contribution < -0.4 is 4.74 Å². The van der Waals surface area contributed by atoms with E-state index in [1.807, 2.05) is 30.3 Å². The predicted molar refractivity (Wildman–Crippen MR) is 90.0 cm³/mol. The molecule has 0 bridgehead atoms. The number of methoxy groups -OCH3 is 1. The van der Waals surface area contributed by atoms with Gasteiger partial charge in [0.15, 0.2) is 5.78 Å². The van der Waals surface area contributed by atoms with Crippen LogP contribution in [0.15, 0.2) is 54.6 Å². The second kappa shape index (κ2) is 7.30. The number of cyclic esters (lactones) is 1. The Morgan fingerprint density at radius 3 is 2.50 bits per heavy atom. The van der Waals surface area contributed by atoms with Crippen molar-refractivity contribution in [2.24, 2.45) is 11.8 Å². The smallest absolute Gasteiger partial charge is 0.309 e. The SMILES string of the molecule is COc1ccc(C(=O)C[C@@H]2COC(=O)[C@@H]2Cc2ccccc2)cc1. The van der Waals surface area contributed by atoms with Gasteiger partial charge in [-0.25, -0.2) is 0 Å². The summed E-state index contributed by atoms with van der Waals surface area (Å²) >= 11 is 0. The molecule has 1 heterocycles. The van der Waals surface area contributed by atoms with Gasteiger partial charge in [0, 0.05) is 17.9 Å². The van der Waals surface area contributed by atoms with Gasteiger partial charge >= 0.3 is 5.97 Å². The highest BCUT2D eigenvalue weighted by Crippen LogP contribution is 2.30. The summed E-state index contributed by atoms with van der Waals surface area (Å²) in [6.45, 7) is 0.318. The second-order valence-electron chi connectivity index (χ2n) is 6.04. The molecule has 0 radical (unpaired) electrons. The van der Waals surface area contributed by atoms with Gasteiger partial charge in [0.25, 0.3) is 0 Å². The van der Waals surface area contributed by atoms with Gasteiger partial charge in [-0.1, -0.05) is 30.3 Å². The fourth-order valence-corrected chi connectivity index (χ4v) is 3.06. The van der Waals surface area contributed by atoms with Crippen molar-refractivity contribution in [3.05, 3.63) is 65.7 Å². The van der Waals surface area contributed by atoms with E-state index in [4.69, 9.17) is 9.47 Å². The molecule has 0 aliphatic carbocycles. The maximum Gasteiger partial charge on any atom is 0.309 e. The summed E-state index contributed by atoms with van der Waals surface area (Å²) < 4.78 is 10.3. The van der Waals surface area contributed by atoms with Crippen molar-refractivity contribution in [2.75, 3.05) is 13.7 Å². The number of benzene rings is 2. The number of esters is 1. The quantitative estimate of drug-likeness (QED) is 0.604. The number of Topliss-reactive ketones (excluding diaryl/α,β-unsaturated/α-hetero) is 1. The molecule has 2 aromatic rings. The average Bonchev–Trinajstić information content (AvgIpc) is 2.96. The molecule has 2 aromatic carbocycles. The van der Waals surface area contributed by atoms with Crippen LogP contribution in [0.3, 0.4) is 0 Å². The van der Waals surface area contributed by atoms with Crippen LogP contribution in [0, 0.1) is 11.8 Å². The molecular weight excluding hydrogens is 304 g/mol. The molecule has 1 aliphatic rings. The summed E-state index contributed by atoms with van der Waals surface area (Å²) in [6.07, 6.45) is 0.926. The minimum Gasteiger partial charge on any atom is -0.497 e. The molecule has 0 unspecified atom stereocenters. The van der Waals surface area contributed by atoms with E-state index in [-0.39, 0.29) is 23.6 Å². The van der Waals surface area contributed by atoms with Gasteiger partial charge in [0.2, 0.25) is 0 Å². The zero-order valence-electron chi connectivity index (χ0n) is 13.6. The molecule has 24 heavy (non-hydrogen) atoms. The topological polar surface area (TPSA) is 52.6 Å². The number of carbonyl (C=O) groups excluding carboxylic acids is 2. The molecule has 124 valence electrons. The maximum atomic E-state index is 12.5. The standard InChI is InChI=1S/C20H20O4/c1-23-17-9-7-15(8-10-17)19(21)12-16-13-24-20(22)18(16)11-14-5-3-2-4-6-14/h2-10,16,18H,11-13H2,1H3/t16-,18-/m1/s1. The van der Waals surface area contributed by atoms with Crippen LogP contribution in [0.4, 0.5) is 0 Å². The molecule has 4 nitrogen and oxygen atoms in total. The first-order chi connectivity index (χ1) is 11.7. The fourth-order valence-electron chi connectivity index (χ4n) is 3.06. The number of ether oxygens (including phenoxy) is 2. The summed E-state index contributed by atoms with van der Waals surface area (Å²) in [7, 11) is 1.59. The summed E-state index contributed by atoms with van der Waals surface area (Å²) in [5.41, 5.74) is 1.72. The van der Waals surface area contributed by atoms with Crippen LogP contribution in [0.5, 0.6) is 5.75 Å². The number of ketones is 1. The molecule has 0 amide bonds. The third-order valence-corrected chi connectivity index (χ3v) is 4.47. The minimum absolute atomic E-state index is 0.0269. The highest BCUT2D eigenvalue weighted by Gasteiger charge is 2.38. The summed E-state index contributed by atoms with van der Waals surface area (Å²) in [4.78, 5) is 24.5. The maximum absolute atomic E-state index is 12.5. The van der Waals surface area contributed by atoms with Crippen molar-refractivity contribution in [1.82, 2.24) is 0 Å². The Morgan fingerprint density at radius 2 is 1.83 bits per heavy atom. The lowest BCUT2D eigenvalue weighted by atomic mass is 9.85. The molecule has 2 atom stereocenters. The first-order valence-corrected chi connectivity index (χ1v) is 8.05. The lowest BCUT2D eigenvalue weighted by molar-refractivity contribution is -0.141. The molecule has 0 spiro atoms. The molecule has 0 N–H and O–H groups in total. The van der Waals surface area contributed by atoms with Crippen molar-refractivity contribution >= 4 is 11.8 Å². The largest absolute Gasteiger partial charge is 0.497 e. The van der Waals surface area contributed by atoms with Crippen LogP contribution in [0.1, 0.15) is 22.3 Å². The zero-order valence-corrected chi connectivity index (χ0v) is 13.6. The van der Waals surface area contributed by atoms with Gasteiger partial charge in [-0.05, 0) is 36.2 Å². The highest BCUT2D eigenvalue weighted by atomic mass is 16.5. The Labute approximate surface area is 141 Å². The van der Waals surface area contributed by atoms with E-state index >= 15 is 0 Å². The summed E-state index contributed by atoms with van der Waals surface area (Å²) in [5, 5.41) is 0. The van der Waals surface area contributed by atoms with E-state index in [1.54, 1.807) is 31.4 Å². The Bertz CT molecular complexity index is 706. The van der Waals surface area contributed by atoms with Crippen LogP contribution in [0.2, 0.25) is 0 Å². The van der Waals surface area contributed by atoms with Gasteiger partial charge in [-0.2, -0.15) is 0 Å². The van der Waals surface area contributed by atoms with Gasteiger partial charge in [0.1, 0.15) is 5.75 Å². The third-order valence-electron chi connectivity index (χ3n) is 4.47. The Balaban J connectivity index is 1.68. The van der Waals surface area contributed by atoms with Crippen molar-refractivity contribution < 1.29 is 19.1 Å². The Hall–Kier alpha value is -2.62. The van der Waals surface area contributed by atoms with Gasteiger partial charge in [0.05, 0.1) is 19.6 Å². The second-order valence-corrected chi connectivity index (χ2v) is 6.04. The van der Waals surface area contributed by atoms with E-state index in [1.165, 1.54) is 0 Å². The lowest BCUT2D eigenvalue weighted by Gasteiger charge is -2.14. The highest BCUT2D eigenvalue weighted by molar-refractivity contribution is 5.96. The number of hydrogen-bond acceptors (Lipinski definition) is 4. The number of hydrogen-bond donors (Lipinski definition) is 0. The molecule has 4 heteroatoms. The average molecular weight is 324 g/mol. The number of rotatable bonds is 6. The van der Waals surface area contributed by atoms with Crippen molar-refractivity contribution in [2.45, 2.75) is 12.8 Å². The van der Waals surface area contributed by atoms with Gasteiger partial charge < -0.3 is 9.47 Å². The molecule has 0 aromatic heterocycles. The van der Waals surface area contributed by atoms with Gasteiger partial charge in [-0.3, -0.25) is 9.59 Å². The fraction of sp³-hybridized carbons (Fsp3) is 0.300. The van der Waals surface area contributed by atoms with Crippen LogP contribution in [0.25, 0.3) is 0 Å². The van der Waals surface area contributed by atoms with Crippen molar-refractivity contribution in [3.8, 4) is 5.75 Å². The first-order valence-electron chi connectivity index (χ1n) is 8.05.